The number of aryl methyl sites for hydroxylation is 2. The third-order valence-electron chi connectivity index (χ3n) is 3.14. The molecule has 1 unspecified atom stereocenters. The van der Waals surface area contributed by atoms with Crippen LogP contribution in [0.25, 0.3) is 0 Å². The molecule has 2 rings (SSSR count). The molecule has 1 heterocycles. The highest BCUT2D eigenvalue weighted by Gasteiger charge is 2.17. The van der Waals surface area contributed by atoms with Gasteiger partial charge in [-0.3, -0.25) is 0 Å². The zero-order valence-electron chi connectivity index (χ0n) is 11.6. The average Bonchev–Trinajstić information content (AvgIpc) is 2.70. The monoisotopic (exact) mass is 339 g/mol. The van der Waals surface area contributed by atoms with Gasteiger partial charge in [0.05, 0.1) is 17.6 Å². The van der Waals surface area contributed by atoms with Crippen molar-refractivity contribution in [3.63, 3.8) is 0 Å². The van der Waals surface area contributed by atoms with Crippen LogP contribution in [0.2, 0.25) is 0 Å². The molecule has 0 aliphatic carbocycles. The van der Waals surface area contributed by atoms with Crippen LogP contribution in [0.3, 0.4) is 0 Å². The summed E-state index contributed by atoms with van der Waals surface area (Å²) in [5, 5.41) is 3.40. The number of ether oxygens (including phenoxy) is 1. The Balaban J connectivity index is 2.42. The summed E-state index contributed by atoms with van der Waals surface area (Å²) in [6.07, 6.45) is 0. The number of thiophene rings is 1. The molecule has 2 nitrogen and oxygen atoms in total. The van der Waals surface area contributed by atoms with Gasteiger partial charge in [0.2, 0.25) is 0 Å². The fourth-order valence-electron chi connectivity index (χ4n) is 2.26. The fourth-order valence-corrected chi connectivity index (χ4v) is 3.99. The number of nitrogens with one attached hydrogen (secondary N) is 1. The average molecular weight is 340 g/mol. The largest absolute Gasteiger partial charge is 0.496 e. The van der Waals surface area contributed by atoms with E-state index >= 15 is 0 Å². The van der Waals surface area contributed by atoms with E-state index in [0.29, 0.717) is 0 Å². The van der Waals surface area contributed by atoms with Gasteiger partial charge in [-0.2, -0.15) is 0 Å². The molecule has 4 heteroatoms. The van der Waals surface area contributed by atoms with E-state index in [9.17, 15) is 0 Å². The van der Waals surface area contributed by atoms with Crippen molar-refractivity contribution >= 4 is 27.3 Å². The SMILES string of the molecule is CNC(c1ccc(OC)c(Br)c1)c1sc(C)cc1C. The van der Waals surface area contributed by atoms with Crippen LogP contribution in [0, 0.1) is 13.8 Å². The maximum atomic E-state index is 5.28. The van der Waals surface area contributed by atoms with Gasteiger partial charge in [-0.1, -0.05) is 6.07 Å². The molecule has 0 radical (unpaired) electrons. The maximum Gasteiger partial charge on any atom is 0.133 e. The normalized spacial score (nSPS) is 12.5. The summed E-state index contributed by atoms with van der Waals surface area (Å²) in [6, 6.07) is 8.69. The van der Waals surface area contributed by atoms with Gasteiger partial charge in [-0.05, 0) is 66.2 Å². The molecule has 1 aromatic heterocycles. The van der Waals surface area contributed by atoms with Gasteiger partial charge >= 0.3 is 0 Å². The zero-order chi connectivity index (χ0) is 14.0. The fraction of sp³-hybridized carbons (Fsp3) is 0.333. The van der Waals surface area contributed by atoms with Crippen LogP contribution in [0.15, 0.2) is 28.7 Å². The second kappa shape index (κ2) is 6.07. The highest BCUT2D eigenvalue weighted by Crippen LogP contribution is 2.34. The second-order valence-electron chi connectivity index (χ2n) is 4.52. The van der Waals surface area contributed by atoms with Crippen molar-refractivity contribution < 1.29 is 4.74 Å². The third-order valence-corrected chi connectivity index (χ3v) is 4.98. The summed E-state index contributed by atoms with van der Waals surface area (Å²) >= 11 is 5.40. The molecule has 1 aromatic carbocycles. The molecule has 19 heavy (non-hydrogen) atoms. The molecule has 0 fully saturated rings. The third kappa shape index (κ3) is 3.02. The van der Waals surface area contributed by atoms with Crippen LogP contribution >= 0.6 is 27.3 Å². The van der Waals surface area contributed by atoms with Crippen molar-refractivity contribution in [3.8, 4) is 5.75 Å². The summed E-state index contributed by atoms with van der Waals surface area (Å²) < 4.78 is 6.27. The Morgan fingerprint density at radius 2 is 2.00 bits per heavy atom. The summed E-state index contributed by atoms with van der Waals surface area (Å²) in [6.45, 7) is 4.32. The van der Waals surface area contributed by atoms with Gasteiger partial charge in [-0.15, -0.1) is 11.3 Å². The first-order chi connectivity index (χ1) is 9.06. The Bertz CT molecular complexity index is 580. The van der Waals surface area contributed by atoms with E-state index in [-0.39, 0.29) is 6.04 Å². The molecule has 102 valence electrons. The van der Waals surface area contributed by atoms with Crippen molar-refractivity contribution in [3.05, 3.63) is 49.6 Å². The number of hydrogen-bond acceptors (Lipinski definition) is 3. The molecule has 0 aliphatic rings. The smallest absolute Gasteiger partial charge is 0.133 e. The van der Waals surface area contributed by atoms with Gasteiger partial charge in [0.15, 0.2) is 0 Å². The quantitative estimate of drug-likeness (QED) is 0.888. The van der Waals surface area contributed by atoms with Crippen molar-refractivity contribution in [1.82, 2.24) is 5.32 Å². The molecule has 0 saturated heterocycles. The Morgan fingerprint density at radius 3 is 2.47 bits per heavy atom. The van der Waals surface area contributed by atoms with Crippen molar-refractivity contribution in [2.24, 2.45) is 0 Å². The molecule has 0 bridgehead atoms. The number of hydrogen-bond donors (Lipinski definition) is 1. The van der Waals surface area contributed by atoms with Gasteiger partial charge < -0.3 is 10.1 Å². The van der Waals surface area contributed by atoms with Crippen molar-refractivity contribution in [2.75, 3.05) is 14.2 Å². The van der Waals surface area contributed by atoms with E-state index in [1.807, 2.05) is 24.5 Å². The van der Waals surface area contributed by atoms with Gasteiger partial charge in [0, 0.05) is 9.75 Å². The summed E-state index contributed by atoms with van der Waals surface area (Å²) in [5.74, 6) is 0.859. The standard InChI is InChI=1S/C15H18BrNOS/c1-9-7-10(2)19-15(9)14(17-3)11-5-6-13(18-4)12(16)8-11/h5-8,14,17H,1-4H3. The second-order valence-corrected chi connectivity index (χ2v) is 6.66. The zero-order valence-corrected chi connectivity index (χ0v) is 14.0. The van der Waals surface area contributed by atoms with Crippen molar-refractivity contribution in [2.45, 2.75) is 19.9 Å². The predicted octanol–water partition coefficient (Wildman–Crippen LogP) is 4.44. The minimum absolute atomic E-state index is 0.223. The topological polar surface area (TPSA) is 21.3 Å². The van der Waals surface area contributed by atoms with E-state index in [0.717, 1.165) is 10.2 Å². The number of rotatable bonds is 4. The van der Waals surface area contributed by atoms with Crippen LogP contribution in [0.5, 0.6) is 5.75 Å². The first-order valence-corrected chi connectivity index (χ1v) is 7.75. The van der Waals surface area contributed by atoms with Crippen LogP contribution in [-0.4, -0.2) is 14.2 Å². The van der Waals surface area contributed by atoms with E-state index in [1.165, 1.54) is 20.9 Å². The van der Waals surface area contributed by atoms with Gasteiger partial charge in [-0.25, -0.2) is 0 Å². The van der Waals surface area contributed by atoms with Gasteiger partial charge in [0.25, 0.3) is 0 Å². The summed E-state index contributed by atoms with van der Waals surface area (Å²) in [4.78, 5) is 2.72. The Kier molecular flexibility index (Phi) is 4.66. The molecule has 2 aromatic rings. The van der Waals surface area contributed by atoms with Crippen LogP contribution < -0.4 is 10.1 Å². The lowest BCUT2D eigenvalue weighted by molar-refractivity contribution is 0.412. The Morgan fingerprint density at radius 1 is 1.26 bits per heavy atom. The molecule has 0 saturated carbocycles. The van der Waals surface area contributed by atoms with E-state index in [1.54, 1.807) is 7.11 Å². The van der Waals surface area contributed by atoms with Crippen LogP contribution in [0.4, 0.5) is 0 Å². The Hall–Kier alpha value is -0.840. The van der Waals surface area contributed by atoms with E-state index in [2.05, 4.69) is 53.3 Å². The van der Waals surface area contributed by atoms with Gasteiger partial charge in [0.1, 0.15) is 5.75 Å². The number of benzene rings is 1. The summed E-state index contributed by atoms with van der Waals surface area (Å²) in [5.41, 5.74) is 2.58. The molecular formula is C15H18BrNOS. The first-order valence-electron chi connectivity index (χ1n) is 6.14. The number of methoxy groups -OCH3 is 1. The lowest BCUT2D eigenvalue weighted by Gasteiger charge is -2.17. The maximum absolute atomic E-state index is 5.28. The van der Waals surface area contributed by atoms with E-state index < -0.39 is 0 Å². The molecule has 0 amide bonds. The minimum Gasteiger partial charge on any atom is -0.496 e. The van der Waals surface area contributed by atoms with Crippen LogP contribution in [0.1, 0.15) is 26.9 Å². The molecular weight excluding hydrogens is 322 g/mol. The Labute approximate surface area is 126 Å². The minimum atomic E-state index is 0.223. The molecule has 1 N–H and O–H groups in total. The molecule has 0 spiro atoms. The van der Waals surface area contributed by atoms with E-state index in [4.69, 9.17) is 4.74 Å². The number of halogens is 1. The lowest BCUT2D eigenvalue weighted by atomic mass is 10.0. The molecule has 1 atom stereocenters. The summed E-state index contributed by atoms with van der Waals surface area (Å²) in [7, 11) is 3.68. The predicted molar refractivity (Wildman–Crippen MR) is 85.4 cm³/mol. The molecule has 0 aliphatic heterocycles. The lowest BCUT2D eigenvalue weighted by Crippen LogP contribution is -2.17. The highest BCUT2D eigenvalue weighted by molar-refractivity contribution is 9.10. The first kappa shape index (κ1) is 14.6. The van der Waals surface area contributed by atoms with Crippen molar-refractivity contribution in [1.29, 1.82) is 0 Å². The highest BCUT2D eigenvalue weighted by atomic mass is 79.9. The van der Waals surface area contributed by atoms with Crippen LogP contribution in [-0.2, 0) is 0 Å².